The van der Waals surface area contributed by atoms with Crippen LogP contribution in [0.3, 0.4) is 0 Å². The third kappa shape index (κ3) is 5.07. The van der Waals surface area contributed by atoms with Crippen molar-refractivity contribution in [1.82, 2.24) is 14.7 Å². The van der Waals surface area contributed by atoms with Crippen molar-refractivity contribution in [3.8, 4) is 0 Å². The van der Waals surface area contributed by atoms with E-state index in [1.54, 1.807) is 0 Å². The van der Waals surface area contributed by atoms with Crippen molar-refractivity contribution in [2.45, 2.75) is 25.5 Å². The summed E-state index contributed by atoms with van der Waals surface area (Å²) in [7, 11) is 1.98. The van der Waals surface area contributed by atoms with E-state index < -0.39 is 11.0 Å². The van der Waals surface area contributed by atoms with Gasteiger partial charge in [-0.15, -0.1) is 0 Å². The number of likely N-dealkylation sites (N-methyl/N-ethyl adjacent to an activating group) is 1. The second-order valence-electron chi connectivity index (χ2n) is 5.61. The van der Waals surface area contributed by atoms with Crippen molar-refractivity contribution in [2.75, 3.05) is 33.4 Å². The van der Waals surface area contributed by atoms with Crippen LogP contribution in [0.2, 0.25) is 0 Å². The Labute approximate surface area is 123 Å². The summed E-state index contributed by atoms with van der Waals surface area (Å²) in [4.78, 5) is 12.2. The number of aliphatic hydroxyl groups is 1. The van der Waals surface area contributed by atoms with Crippen LogP contribution in [-0.2, 0) is 11.3 Å². The van der Waals surface area contributed by atoms with E-state index in [-0.39, 0.29) is 12.2 Å². The first-order valence-electron chi connectivity index (χ1n) is 7.16. The maximum absolute atomic E-state index is 10.6. The Hall–Kier alpha value is -1.51. The lowest BCUT2D eigenvalue weighted by Gasteiger charge is -2.28. The van der Waals surface area contributed by atoms with Gasteiger partial charge in [-0.1, -0.05) is 0 Å². The molecule has 1 aromatic rings. The molecule has 1 aliphatic heterocycles. The Bertz CT molecular complexity index is 459. The molecule has 0 bridgehead atoms. The van der Waals surface area contributed by atoms with E-state index >= 15 is 0 Å². The minimum Gasteiger partial charge on any atom is -0.390 e. The van der Waals surface area contributed by atoms with E-state index in [1.165, 1.54) is 17.1 Å². The van der Waals surface area contributed by atoms with Crippen LogP contribution >= 0.6 is 0 Å². The normalized spacial score (nSPS) is 18.0. The summed E-state index contributed by atoms with van der Waals surface area (Å²) in [5.41, 5.74) is -0.0576. The average Bonchev–Trinajstić information content (AvgIpc) is 2.88. The molecule has 0 aliphatic carbocycles. The zero-order chi connectivity index (χ0) is 15.2. The smallest absolute Gasteiger partial charge is 0.306 e. The van der Waals surface area contributed by atoms with Gasteiger partial charge in [0.25, 0.3) is 0 Å². The van der Waals surface area contributed by atoms with Crippen molar-refractivity contribution in [2.24, 2.45) is 5.92 Å². The largest absolute Gasteiger partial charge is 0.390 e. The van der Waals surface area contributed by atoms with E-state index in [4.69, 9.17) is 4.74 Å². The minimum atomic E-state index is -0.602. The lowest BCUT2D eigenvalue weighted by molar-refractivity contribution is -0.385. The second-order valence-corrected chi connectivity index (χ2v) is 5.61. The number of ether oxygens (including phenoxy) is 1. The van der Waals surface area contributed by atoms with Gasteiger partial charge in [-0.3, -0.25) is 14.8 Å². The molecule has 1 N–H and O–H groups in total. The number of rotatable bonds is 7. The van der Waals surface area contributed by atoms with Crippen LogP contribution < -0.4 is 0 Å². The van der Waals surface area contributed by atoms with Crippen molar-refractivity contribution in [3.05, 3.63) is 22.5 Å². The molecule has 8 nitrogen and oxygen atoms in total. The van der Waals surface area contributed by atoms with Gasteiger partial charge in [-0.05, 0) is 25.8 Å². The fourth-order valence-corrected chi connectivity index (χ4v) is 2.62. The topological polar surface area (TPSA) is 93.7 Å². The van der Waals surface area contributed by atoms with E-state index in [0.717, 1.165) is 32.6 Å². The SMILES string of the molecule is CN(CC(O)Cn1cc([N+](=O)[O-])cn1)CC1CCOCC1. The number of aromatic nitrogens is 2. The summed E-state index contributed by atoms with van der Waals surface area (Å²) < 4.78 is 6.74. The van der Waals surface area contributed by atoms with Gasteiger partial charge in [0.1, 0.15) is 12.4 Å². The first-order chi connectivity index (χ1) is 10.0. The molecule has 8 heteroatoms. The summed E-state index contributed by atoms with van der Waals surface area (Å²) in [6.45, 7) is 3.34. The highest BCUT2D eigenvalue weighted by atomic mass is 16.6. The van der Waals surface area contributed by atoms with Crippen molar-refractivity contribution >= 4 is 5.69 Å². The molecule has 1 saturated heterocycles. The molecule has 118 valence electrons. The summed E-state index contributed by atoms with van der Waals surface area (Å²) >= 11 is 0. The fourth-order valence-electron chi connectivity index (χ4n) is 2.62. The molecule has 1 unspecified atom stereocenters. The Kier molecular flexibility index (Phi) is 5.66. The highest BCUT2D eigenvalue weighted by Crippen LogP contribution is 2.15. The molecule has 0 saturated carbocycles. The van der Waals surface area contributed by atoms with Crippen molar-refractivity contribution in [3.63, 3.8) is 0 Å². The zero-order valence-electron chi connectivity index (χ0n) is 12.2. The van der Waals surface area contributed by atoms with Gasteiger partial charge >= 0.3 is 5.69 Å². The molecule has 0 amide bonds. The van der Waals surface area contributed by atoms with Gasteiger partial charge in [0.15, 0.2) is 0 Å². The Balaban J connectivity index is 1.74. The van der Waals surface area contributed by atoms with Crippen LogP contribution in [0.4, 0.5) is 5.69 Å². The minimum absolute atomic E-state index is 0.0576. The first-order valence-corrected chi connectivity index (χ1v) is 7.16. The molecule has 1 aromatic heterocycles. The number of aliphatic hydroxyl groups excluding tert-OH is 1. The van der Waals surface area contributed by atoms with Crippen LogP contribution in [0, 0.1) is 16.0 Å². The lowest BCUT2D eigenvalue weighted by atomic mass is 10.00. The van der Waals surface area contributed by atoms with Crippen LogP contribution in [-0.4, -0.2) is 64.2 Å². The highest BCUT2D eigenvalue weighted by molar-refractivity contribution is 5.20. The maximum atomic E-state index is 10.6. The van der Waals surface area contributed by atoms with Crippen LogP contribution in [0.25, 0.3) is 0 Å². The molecule has 1 aliphatic rings. The van der Waals surface area contributed by atoms with Crippen molar-refractivity contribution < 1.29 is 14.8 Å². The van der Waals surface area contributed by atoms with Gasteiger partial charge < -0.3 is 14.7 Å². The third-order valence-electron chi connectivity index (χ3n) is 3.66. The zero-order valence-corrected chi connectivity index (χ0v) is 12.2. The summed E-state index contributed by atoms with van der Waals surface area (Å²) in [5, 5.41) is 24.5. The van der Waals surface area contributed by atoms with Gasteiger partial charge in [0.05, 0.1) is 17.6 Å². The van der Waals surface area contributed by atoms with Gasteiger partial charge in [0.2, 0.25) is 0 Å². The number of hydrogen-bond acceptors (Lipinski definition) is 6. The quantitative estimate of drug-likeness (QED) is 0.582. The molecule has 0 radical (unpaired) electrons. The summed E-state index contributed by atoms with van der Waals surface area (Å²) in [5.74, 6) is 0.613. The predicted octanol–water partition coefficient (Wildman–Crippen LogP) is 0.511. The number of nitrogens with zero attached hydrogens (tertiary/aromatic N) is 4. The Morgan fingerprint density at radius 1 is 1.62 bits per heavy atom. The van der Waals surface area contributed by atoms with Gasteiger partial charge in [-0.2, -0.15) is 5.10 Å². The van der Waals surface area contributed by atoms with E-state index in [9.17, 15) is 15.2 Å². The standard InChI is InChI=1S/C13H22N4O4/c1-15(7-11-2-4-21-5-3-11)9-13(18)10-16-8-12(6-14-16)17(19)20/h6,8,11,13,18H,2-5,7,9-10H2,1H3. The number of hydrogen-bond donors (Lipinski definition) is 1. The third-order valence-corrected chi connectivity index (χ3v) is 3.66. The van der Waals surface area contributed by atoms with E-state index in [1.807, 2.05) is 7.05 Å². The second kappa shape index (κ2) is 7.48. The van der Waals surface area contributed by atoms with E-state index in [0.29, 0.717) is 12.5 Å². The summed E-state index contributed by atoms with van der Waals surface area (Å²) in [6, 6.07) is 0. The molecule has 1 atom stereocenters. The molecule has 0 aromatic carbocycles. The predicted molar refractivity (Wildman–Crippen MR) is 75.9 cm³/mol. The molecular weight excluding hydrogens is 276 g/mol. The molecule has 1 fully saturated rings. The Morgan fingerprint density at radius 3 is 2.95 bits per heavy atom. The monoisotopic (exact) mass is 298 g/mol. The lowest BCUT2D eigenvalue weighted by Crippen LogP contribution is -2.36. The molecular formula is C13H22N4O4. The molecule has 0 spiro atoms. The average molecular weight is 298 g/mol. The first kappa shape index (κ1) is 15.9. The number of nitro groups is 1. The van der Waals surface area contributed by atoms with Crippen LogP contribution in [0.15, 0.2) is 12.4 Å². The molecule has 2 rings (SSSR count). The molecule has 2 heterocycles. The van der Waals surface area contributed by atoms with Crippen molar-refractivity contribution in [1.29, 1.82) is 0 Å². The maximum Gasteiger partial charge on any atom is 0.306 e. The van der Waals surface area contributed by atoms with Gasteiger partial charge in [0, 0.05) is 26.3 Å². The Morgan fingerprint density at radius 2 is 2.33 bits per heavy atom. The van der Waals surface area contributed by atoms with Crippen LogP contribution in [0.1, 0.15) is 12.8 Å². The highest BCUT2D eigenvalue weighted by Gasteiger charge is 2.18. The van der Waals surface area contributed by atoms with Crippen LogP contribution in [0.5, 0.6) is 0 Å². The van der Waals surface area contributed by atoms with E-state index in [2.05, 4.69) is 10.00 Å². The van der Waals surface area contributed by atoms with Gasteiger partial charge in [-0.25, -0.2) is 0 Å². The molecule has 21 heavy (non-hydrogen) atoms. The summed E-state index contributed by atoms with van der Waals surface area (Å²) in [6.07, 6.45) is 4.05. The fraction of sp³-hybridized carbons (Fsp3) is 0.769.